The third kappa shape index (κ3) is 2.01. The zero-order valence-electron chi connectivity index (χ0n) is 17.3. The summed E-state index contributed by atoms with van der Waals surface area (Å²) in [5.41, 5.74) is 3.47. The summed E-state index contributed by atoms with van der Waals surface area (Å²) < 4.78 is 0. The Morgan fingerprint density at radius 2 is 1.18 bits per heavy atom. The smallest absolute Gasteiger partial charge is 0.157 e. The van der Waals surface area contributed by atoms with E-state index >= 15 is 0 Å². The van der Waals surface area contributed by atoms with E-state index in [1.807, 2.05) is 0 Å². The van der Waals surface area contributed by atoms with E-state index < -0.39 is 5.41 Å². The molecule has 2 aliphatic carbocycles. The van der Waals surface area contributed by atoms with Crippen LogP contribution < -0.4 is 0 Å². The number of hydrogen-bond donors (Lipinski definition) is 4. The van der Waals surface area contributed by atoms with Crippen LogP contribution in [0.25, 0.3) is 0 Å². The van der Waals surface area contributed by atoms with Crippen LogP contribution in [0.2, 0.25) is 0 Å². The highest BCUT2D eigenvalue weighted by atomic mass is 16.3. The van der Waals surface area contributed by atoms with Gasteiger partial charge in [-0.2, -0.15) is 0 Å². The van der Waals surface area contributed by atoms with Crippen molar-refractivity contribution in [1.29, 1.82) is 0 Å². The Balaban J connectivity index is 2.13. The average molecular weight is 383 g/mol. The summed E-state index contributed by atoms with van der Waals surface area (Å²) in [6.45, 7) is 11.0. The van der Waals surface area contributed by atoms with Crippen molar-refractivity contribution in [2.45, 2.75) is 70.1 Å². The lowest BCUT2D eigenvalue weighted by Crippen LogP contribution is -2.38. The maximum atomic E-state index is 10.4. The van der Waals surface area contributed by atoms with Crippen molar-refractivity contribution in [3.8, 4) is 23.0 Å². The van der Waals surface area contributed by atoms with E-state index in [9.17, 15) is 20.4 Å². The molecular weight excluding hydrogens is 352 g/mol. The van der Waals surface area contributed by atoms with Crippen LogP contribution in [0.1, 0.15) is 76.1 Å². The molecule has 4 rings (SSSR count). The molecule has 150 valence electrons. The summed E-state index contributed by atoms with van der Waals surface area (Å²) >= 11 is 0. The predicted molar refractivity (Wildman–Crippen MR) is 109 cm³/mol. The minimum Gasteiger partial charge on any atom is -0.504 e. The Hall–Kier alpha value is -2.36. The molecule has 2 aliphatic rings. The Kier molecular flexibility index (Phi) is 3.79. The third-order valence-corrected chi connectivity index (χ3v) is 8.33. The summed E-state index contributed by atoms with van der Waals surface area (Å²) in [4.78, 5) is 0. The highest BCUT2D eigenvalue weighted by molar-refractivity contribution is 5.66. The van der Waals surface area contributed by atoms with Gasteiger partial charge < -0.3 is 20.4 Å². The number of rotatable bonds is 2. The Bertz CT molecular complexity index is 965. The van der Waals surface area contributed by atoms with Crippen molar-refractivity contribution in [2.75, 3.05) is 0 Å². The summed E-state index contributed by atoms with van der Waals surface area (Å²) in [7, 11) is 0. The van der Waals surface area contributed by atoms with Gasteiger partial charge >= 0.3 is 0 Å². The number of fused-ring (bicyclic) bond motifs is 4. The van der Waals surface area contributed by atoms with Crippen LogP contribution in [0.3, 0.4) is 0 Å². The van der Waals surface area contributed by atoms with E-state index in [1.165, 1.54) is 0 Å². The summed E-state index contributed by atoms with van der Waals surface area (Å²) in [5, 5.41) is 41.1. The quantitative estimate of drug-likeness (QED) is 0.539. The SMILES string of the molecule is CCC1(C)CC2(c3cc(O)c(O)cc31)c1cc(O)c(O)cc1C(C)(CC)C2C. The number of benzene rings is 2. The first kappa shape index (κ1) is 19.0. The molecule has 4 N–H and O–H groups in total. The first-order chi connectivity index (χ1) is 13.0. The van der Waals surface area contributed by atoms with Crippen molar-refractivity contribution in [3.05, 3.63) is 46.5 Å². The molecule has 4 nitrogen and oxygen atoms in total. The average Bonchev–Trinajstić information content (AvgIpc) is 3.01. The molecule has 0 radical (unpaired) electrons. The van der Waals surface area contributed by atoms with Crippen LogP contribution >= 0.6 is 0 Å². The van der Waals surface area contributed by atoms with Crippen LogP contribution in [-0.2, 0) is 16.2 Å². The first-order valence-corrected chi connectivity index (χ1v) is 10.2. The highest BCUT2D eigenvalue weighted by Crippen LogP contribution is 2.68. The minimum atomic E-state index is -0.392. The molecule has 4 unspecified atom stereocenters. The molecule has 0 saturated heterocycles. The van der Waals surface area contributed by atoms with Gasteiger partial charge in [0.1, 0.15) is 0 Å². The van der Waals surface area contributed by atoms with E-state index in [2.05, 4.69) is 34.6 Å². The second-order valence-electron chi connectivity index (χ2n) is 9.33. The topological polar surface area (TPSA) is 80.9 Å². The van der Waals surface area contributed by atoms with Gasteiger partial charge in [-0.3, -0.25) is 0 Å². The van der Waals surface area contributed by atoms with Crippen molar-refractivity contribution >= 4 is 0 Å². The van der Waals surface area contributed by atoms with Crippen LogP contribution in [0.15, 0.2) is 24.3 Å². The normalized spacial score (nSPS) is 33.2. The zero-order chi connectivity index (χ0) is 20.6. The third-order valence-electron chi connectivity index (χ3n) is 8.33. The Labute approximate surface area is 166 Å². The molecule has 0 bridgehead atoms. The van der Waals surface area contributed by atoms with E-state index in [1.54, 1.807) is 24.3 Å². The Morgan fingerprint density at radius 1 is 0.750 bits per heavy atom. The van der Waals surface area contributed by atoms with Gasteiger partial charge in [0, 0.05) is 5.41 Å². The Morgan fingerprint density at radius 3 is 1.64 bits per heavy atom. The molecule has 0 amide bonds. The largest absolute Gasteiger partial charge is 0.504 e. The monoisotopic (exact) mass is 382 g/mol. The number of aromatic hydroxyl groups is 4. The van der Waals surface area contributed by atoms with Crippen molar-refractivity contribution in [1.82, 2.24) is 0 Å². The minimum absolute atomic E-state index is 0.0897. The molecule has 4 atom stereocenters. The molecule has 0 aliphatic heterocycles. The van der Waals surface area contributed by atoms with Gasteiger partial charge in [-0.1, -0.05) is 34.6 Å². The van der Waals surface area contributed by atoms with Gasteiger partial charge in [0.25, 0.3) is 0 Å². The van der Waals surface area contributed by atoms with E-state index in [4.69, 9.17) is 0 Å². The summed E-state index contributed by atoms with van der Waals surface area (Å²) in [6, 6.07) is 6.88. The van der Waals surface area contributed by atoms with Gasteiger partial charge in [0.2, 0.25) is 0 Å². The summed E-state index contributed by atoms with van der Waals surface area (Å²) in [6.07, 6.45) is 2.64. The fraction of sp³-hybridized carbons (Fsp3) is 0.500. The van der Waals surface area contributed by atoms with Crippen LogP contribution in [0.5, 0.6) is 23.0 Å². The molecule has 0 saturated carbocycles. The number of hydrogen-bond acceptors (Lipinski definition) is 4. The predicted octanol–water partition coefficient (Wildman–Crippen LogP) is 5.18. The fourth-order valence-corrected chi connectivity index (χ4v) is 6.12. The maximum absolute atomic E-state index is 10.4. The molecule has 2 aromatic carbocycles. The molecule has 2 aromatic rings. The van der Waals surface area contributed by atoms with Crippen molar-refractivity contribution in [2.24, 2.45) is 5.92 Å². The van der Waals surface area contributed by atoms with E-state index in [0.29, 0.717) is 0 Å². The van der Waals surface area contributed by atoms with Crippen molar-refractivity contribution in [3.63, 3.8) is 0 Å². The molecular formula is C24H30O4. The molecule has 0 heterocycles. The first-order valence-electron chi connectivity index (χ1n) is 10.2. The van der Waals surface area contributed by atoms with Gasteiger partial charge in [-0.15, -0.1) is 0 Å². The molecule has 0 aromatic heterocycles. The van der Waals surface area contributed by atoms with Crippen LogP contribution in [0.4, 0.5) is 0 Å². The van der Waals surface area contributed by atoms with Gasteiger partial charge in [-0.05, 0) is 82.5 Å². The van der Waals surface area contributed by atoms with E-state index in [0.717, 1.165) is 41.5 Å². The van der Waals surface area contributed by atoms with Crippen LogP contribution in [-0.4, -0.2) is 20.4 Å². The second-order valence-corrected chi connectivity index (χ2v) is 9.33. The van der Waals surface area contributed by atoms with Gasteiger partial charge in [0.05, 0.1) is 0 Å². The lowest BCUT2D eigenvalue weighted by atomic mass is 9.63. The van der Waals surface area contributed by atoms with Gasteiger partial charge in [0.15, 0.2) is 23.0 Å². The van der Waals surface area contributed by atoms with Gasteiger partial charge in [-0.25, -0.2) is 0 Å². The van der Waals surface area contributed by atoms with Crippen molar-refractivity contribution < 1.29 is 20.4 Å². The maximum Gasteiger partial charge on any atom is 0.157 e. The van der Waals surface area contributed by atoms with Crippen LogP contribution in [0, 0.1) is 5.92 Å². The zero-order valence-corrected chi connectivity index (χ0v) is 17.3. The molecule has 4 heteroatoms. The number of phenols is 4. The molecule has 1 spiro atoms. The lowest BCUT2D eigenvalue weighted by molar-refractivity contribution is 0.216. The number of phenolic OH excluding ortho intramolecular Hbond substituents is 4. The summed E-state index contributed by atoms with van der Waals surface area (Å²) in [5.74, 6) is -0.209. The second kappa shape index (κ2) is 5.59. The molecule has 28 heavy (non-hydrogen) atoms. The molecule has 0 fully saturated rings. The standard InChI is InChI=1S/C24H30O4/c1-6-22(4)12-24(16-10-20(27)18(25)8-14(16)22)13(3)23(5,7-2)15-9-19(26)21(28)11-17(15)24/h8-11,13,25-28H,6-7,12H2,1-5H3. The lowest BCUT2D eigenvalue weighted by Gasteiger charge is -2.39. The highest BCUT2D eigenvalue weighted by Gasteiger charge is 2.62. The fourth-order valence-electron chi connectivity index (χ4n) is 6.12. The van der Waals surface area contributed by atoms with E-state index in [-0.39, 0.29) is 39.7 Å².